The highest BCUT2D eigenvalue weighted by molar-refractivity contribution is 7.59. The van der Waals surface area contributed by atoms with E-state index in [2.05, 4.69) is 24.0 Å². The van der Waals surface area contributed by atoms with Gasteiger partial charge in [-0.3, -0.25) is 9.59 Å². The van der Waals surface area contributed by atoms with Gasteiger partial charge >= 0.3 is 0 Å². The zero-order chi connectivity index (χ0) is 26.9. The van der Waals surface area contributed by atoms with Crippen molar-refractivity contribution in [3.63, 3.8) is 0 Å². The summed E-state index contributed by atoms with van der Waals surface area (Å²) in [6.07, 6.45) is 3.36. The highest BCUT2D eigenvalue weighted by Gasteiger charge is 2.16. The second-order valence-corrected chi connectivity index (χ2v) is 10.6. The van der Waals surface area contributed by atoms with E-state index in [0.717, 1.165) is 54.1 Å². The number of hydrogen-bond donors (Lipinski definition) is 0. The predicted octanol–water partition coefficient (Wildman–Crippen LogP) is 9.09. The molecule has 3 aliphatic rings. The number of carbonyl (C=O) groups is 1. The van der Waals surface area contributed by atoms with Crippen LogP contribution in [0.3, 0.4) is 0 Å². The van der Waals surface area contributed by atoms with E-state index in [1.54, 1.807) is 29.6 Å². The van der Waals surface area contributed by atoms with Crippen LogP contribution in [-0.4, -0.2) is 16.5 Å². The van der Waals surface area contributed by atoms with Gasteiger partial charge in [0, 0.05) is 29.4 Å². The maximum absolute atomic E-state index is 12.2. The van der Waals surface area contributed by atoms with Gasteiger partial charge in [-0.25, -0.2) is 9.98 Å². The van der Waals surface area contributed by atoms with E-state index in [-0.39, 0.29) is 33.6 Å². The van der Waals surface area contributed by atoms with E-state index in [1.807, 2.05) is 85.8 Å². The van der Waals surface area contributed by atoms with Crippen LogP contribution in [0.15, 0.2) is 119 Å². The van der Waals surface area contributed by atoms with Crippen LogP contribution in [0.1, 0.15) is 35.9 Å². The number of allylic oxidation sites excluding steroid dienone is 2. The zero-order valence-electron chi connectivity index (χ0n) is 22.0. The molecule has 1 heterocycles. The molecule has 206 valence electrons. The summed E-state index contributed by atoms with van der Waals surface area (Å²) < 4.78 is 1.12. The summed E-state index contributed by atoms with van der Waals surface area (Å²) in [6.45, 7) is 4.11. The van der Waals surface area contributed by atoms with Gasteiger partial charge in [0.1, 0.15) is 0 Å². The summed E-state index contributed by atoms with van der Waals surface area (Å²) in [4.78, 5) is 34.3. The molecule has 7 rings (SSSR count). The molecule has 0 aromatic heterocycles. The van der Waals surface area contributed by atoms with Crippen LogP contribution >= 0.6 is 24.8 Å². The first-order valence-corrected chi connectivity index (χ1v) is 13.5. The SMILES string of the molecule is C.Cc1ccc(N=C2C=CC(=O)c3ccccc32)cc1.Cc1ccc2nc3c4ccccc4c(=O)cc-3sc2c1.S.[2HH]. The largest absolute Gasteiger partial charge is 0.289 e. The molecule has 4 nitrogen and oxygen atoms in total. The fourth-order valence-electron chi connectivity index (χ4n) is 4.64. The minimum atomic E-state index is 0. The second-order valence-electron chi connectivity index (χ2n) is 9.53. The lowest BCUT2D eigenvalue weighted by atomic mass is 9.94. The van der Waals surface area contributed by atoms with E-state index in [1.165, 1.54) is 11.1 Å². The third-order valence-corrected chi connectivity index (χ3v) is 7.73. The van der Waals surface area contributed by atoms with Gasteiger partial charge in [0.25, 0.3) is 0 Å². The van der Waals surface area contributed by atoms with E-state index in [4.69, 9.17) is 4.98 Å². The predicted molar refractivity (Wildman–Crippen MR) is 181 cm³/mol. The number of ketones is 1. The van der Waals surface area contributed by atoms with E-state index in [9.17, 15) is 9.59 Å². The first kappa shape index (κ1) is 29.6. The lowest BCUT2D eigenvalue weighted by molar-refractivity contribution is 0.104. The van der Waals surface area contributed by atoms with Gasteiger partial charge in [0.15, 0.2) is 11.2 Å². The van der Waals surface area contributed by atoms with Gasteiger partial charge in [-0.1, -0.05) is 79.7 Å². The number of aryl methyl sites for hydroxylation is 2. The molecule has 4 aromatic carbocycles. The maximum Gasteiger partial charge on any atom is 0.188 e. The molecule has 0 fully saturated rings. The van der Waals surface area contributed by atoms with Crippen molar-refractivity contribution in [3.8, 4) is 10.6 Å². The first-order chi connectivity index (χ1) is 19.0. The summed E-state index contributed by atoms with van der Waals surface area (Å²) >= 11 is 1.63. The molecule has 0 atom stereocenters. The quantitative estimate of drug-likeness (QED) is 0.145. The van der Waals surface area contributed by atoms with E-state index in [0.29, 0.717) is 0 Å². The molecule has 0 unspecified atom stereocenters. The number of fused-ring (bicyclic) bond motifs is 5. The van der Waals surface area contributed by atoms with Crippen LogP contribution in [0, 0.1) is 13.8 Å². The summed E-state index contributed by atoms with van der Waals surface area (Å²) in [7, 11) is 0. The van der Waals surface area contributed by atoms with Crippen LogP contribution in [-0.2, 0) is 0 Å². The van der Waals surface area contributed by atoms with Crippen LogP contribution in [0.2, 0.25) is 0 Å². The summed E-state index contributed by atoms with van der Waals surface area (Å²) in [6, 6.07) is 31.2. The topological polar surface area (TPSA) is 59.4 Å². The Kier molecular flexibility index (Phi) is 8.96. The highest BCUT2D eigenvalue weighted by Crippen LogP contribution is 2.34. The van der Waals surface area contributed by atoms with Crippen molar-refractivity contribution in [2.24, 2.45) is 4.99 Å². The Balaban J connectivity index is 0.000000215. The Morgan fingerprint density at radius 3 is 2.15 bits per heavy atom. The average Bonchev–Trinajstić information content (AvgIpc) is 2.95. The molecule has 0 bridgehead atoms. The van der Waals surface area contributed by atoms with Gasteiger partial charge < -0.3 is 0 Å². The summed E-state index contributed by atoms with van der Waals surface area (Å²) in [5.41, 5.74) is 7.73. The lowest BCUT2D eigenvalue weighted by Gasteiger charge is -2.11. The van der Waals surface area contributed by atoms with Gasteiger partial charge in [-0.2, -0.15) is 13.5 Å². The van der Waals surface area contributed by atoms with Gasteiger partial charge in [0.2, 0.25) is 0 Å². The number of hydrogen-bond acceptors (Lipinski definition) is 5. The minimum Gasteiger partial charge on any atom is -0.289 e. The molecule has 0 saturated heterocycles. The highest BCUT2D eigenvalue weighted by atomic mass is 32.1. The zero-order valence-corrected chi connectivity index (χ0v) is 23.8. The molecule has 6 heteroatoms. The lowest BCUT2D eigenvalue weighted by Crippen LogP contribution is -2.11. The van der Waals surface area contributed by atoms with Crippen LogP contribution < -0.4 is 5.43 Å². The first-order valence-electron chi connectivity index (χ1n) is 12.7. The Labute approximate surface area is 252 Å². The molecule has 0 saturated carbocycles. The average molecular weight is 578 g/mol. The van der Waals surface area contributed by atoms with E-state index >= 15 is 0 Å². The van der Waals surface area contributed by atoms with Gasteiger partial charge in [-0.15, -0.1) is 11.3 Å². The number of aromatic nitrogens is 1. The third kappa shape index (κ3) is 6.04. The van der Waals surface area contributed by atoms with Crippen LogP contribution in [0.4, 0.5) is 5.69 Å². The van der Waals surface area contributed by atoms with Crippen molar-refractivity contribution in [3.05, 3.63) is 142 Å². The fraction of sp³-hybridized carbons (Fsp3) is 0.0857. The van der Waals surface area contributed by atoms with Gasteiger partial charge in [0.05, 0.1) is 32.2 Å². The third-order valence-electron chi connectivity index (χ3n) is 6.66. The molecule has 4 aromatic rings. The standard InChI is InChI=1S/C17H11NOS.C17H13NO.CH4.H2S.H2/c1-10-6-7-13-15(8-10)20-16-9-14(19)11-4-2-3-5-12(11)17(16)18-13;1-12-6-8-13(9-7-12)18-16-10-11-17(19)15-5-3-2-4-14(15)16;;;/h2-9H,1H3;2-11H,1H3;1H4;1H2;1H/i;;;;1+1. The van der Waals surface area contributed by atoms with Crippen molar-refractivity contribution in [2.75, 3.05) is 0 Å². The minimum absolute atomic E-state index is 0. The Morgan fingerprint density at radius 2 is 1.39 bits per heavy atom. The van der Waals surface area contributed by atoms with Crippen LogP contribution in [0.5, 0.6) is 0 Å². The number of nitrogens with zero attached hydrogens (tertiary/aromatic N) is 2. The molecule has 0 amide bonds. The smallest absolute Gasteiger partial charge is 0.188 e. The molecule has 0 radical (unpaired) electrons. The van der Waals surface area contributed by atoms with E-state index < -0.39 is 0 Å². The Hall–Kier alpha value is -4.39. The molecule has 0 N–H and O–H groups in total. The van der Waals surface area contributed by atoms with Crippen molar-refractivity contribution in [1.29, 1.82) is 0 Å². The Bertz CT molecular complexity index is 1980. The Morgan fingerprint density at radius 1 is 0.732 bits per heavy atom. The summed E-state index contributed by atoms with van der Waals surface area (Å²) in [5.74, 6) is 0.0402. The van der Waals surface area contributed by atoms with Gasteiger partial charge in [-0.05, 0) is 55.8 Å². The normalized spacial score (nSPS) is 12.8. The number of carbonyl (C=O) groups excluding carboxylic acids is 1. The van der Waals surface area contributed by atoms with Crippen LogP contribution in [0.25, 0.3) is 31.6 Å². The molecular weight excluding hydrogens is 545 g/mol. The van der Waals surface area contributed by atoms with Crippen molar-refractivity contribution >= 4 is 63.0 Å². The van der Waals surface area contributed by atoms with Crippen molar-refractivity contribution in [1.82, 2.24) is 4.98 Å². The van der Waals surface area contributed by atoms with Crippen molar-refractivity contribution < 1.29 is 6.22 Å². The molecular formula is C35H32N2O2S2. The fourth-order valence-corrected chi connectivity index (χ4v) is 5.76. The maximum atomic E-state index is 12.2. The molecule has 2 aliphatic carbocycles. The molecule has 41 heavy (non-hydrogen) atoms. The molecule has 1 aliphatic heterocycles. The number of aliphatic imine (C=N–C) groups is 1. The number of rotatable bonds is 1. The van der Waals surface area contributed by atoms with Crippen molar-refractivity contribution in [2.45, 2.75) is 21.3 Å². The monoisotopic (exact) mass is 577 g/mol. The second kappa shape index (κ2) is 12.4. The number of benzene rings is 5. The summed E-state index contributed by atoms with van der Waals surface area (Å²) in [5, 5.41) is 1.68. The molecule has 0 spiro atoms.